The number of carboxylic acid groups (broad SMARTS) is 1. The summed E-state index contributed by atoms with van der Waals surface area (Å²) in [5.41, 5.74) is 0. The molecular formula is C13H25NO2. The minimum absolute atomic E-state index is 0.345. The first-order valence-electron chi connectivity index (χ1n) is 6.59. The van der Waals surface area contributed by atoms with Crippen LogP contribution in [-0.2, 0) is 4.79 Å². The third kappa shape index (κ3) is 4.52. The highest BCUT2D eigenvalue weighted by molar-refractivity contribution is 5.73. The predicted octanol–water partition coefficient (Wildman–Crippen LogP) is 2.66. The van der Waals surface area contributed by atoms with E-state index in [1.165, 1.54) is 25.7 Å². The van der Waals surface area contributed by atoms with Crippen LogP contribution in [0.25, 0.3) is 0 Å². The van der Waals surface area contributed by atoms with Gasteiger partial charge in [-0.15, -0.1) is 0 Å². The lowest BCUT2D eigenvalue weighted by Crippen LogP contribution is -2.40. The number of carboxylic acids is 1. The molecule has 1 fully saturated rings. The number of nitrogens with one attached hydrogen (secondary N) is 1. The molecule has 0 amide bonds. The van der Waals surface area contributed by atoms with Crippen molar-refractivity contribution in [2.45, 2.75) is 58.4 Å². The predicted molar refractivity (Wildman–Crippen MR) is 65.5 cm³/mol. The van der Waals surface area contributed by atoms with Crippen molar-refractivity contribution in [1.29, 1.82) is 0 Å². The zero-order chi connectivity index (χ0) is 12.0. The van der Waals surface area contributed by atoms with Crippen LogP contribution in [0.15, 0.2) is 0 Å². The quantitative estimate of drug-likeness (QED) is 0.733. The fourth-order valence-electron chi connectivity index (χ4n) is 2.66. The van der Waals surface area contributed by atoms with E-state index in [1.54, 1.807) is 0 Å². The van der Waals surface area contributed by atoms with Crippen molar-refractivity contribution in [2.24, 2.45) is 11.8 Å². The fraction of sp³-hybridized carbons (Fsp3) is 0.923. The van der Waals surface area contributed by atoms with Gasteiger partial charge in [-0.3, -0.25) is 4.79 Å². The van der Waals surface area contributed by atoms with Crippen LogP contribution in [0.3, 0.4) is 0 Å². The summed E-state index contributed by atoms with van der Waals surface area (Å²) in [6.45, 7) is 5.20. The highest BCUT2D eigenvalue weighted by Gasteiger charge is 2.21. The largest absolute Gasteiger partial charge is 0.480 e. The van der Waals surface area contributed by atoms with Gasteiger partial charge in [0.2, 0.25) is 0 Å². The molecule has 16 heavy (non-hydrogen) atoms. The number of hydrogen-bond acceptors (Lipinski definition) is 2. The van der Waals surface area contributed by atoms with Crippen molar-refractivity contribution >= 4 is 5.97 Å². The van der Waals surface area contributed by atoms with E-state index < -0.39 is 5.97 Å². The van der Waals surface area contributed by atoms with E-state index in [4.69, 9.17) is 5.11 Å². The second-order valence-electron chi connectivity index (χ2n) is 5.23. The summed E-state index contributed by atoms with van der Waals surface area (Å²) in [7, 11) is 0. The van der Waals surface area contributed by atoms with Crippen molar-refractivity contribution in [2.75, 3.05) is 6.54 Å². The van der Waals surface area contributed by atoms with Crippen LogP contribution in [0, 0.1) is 11.8 Å². The molecule has 3 nitrogen and oxygen atoms in total. The number of rotatable bonds is 6. The highest BCUT2D eigenvalue weighted by atomic mass is 16.4. The monoisotopic (exact) mass is 227 g/mol. The Kier molecular flexibility index (Phi) is 5.81. The third-order valence-corrected chi connectivity index (χ3v) is 3.57. The molecule has 0 aromatic rings. The molecule has 1 aliphatic carbocycles. The highest BCUT2D eigenvalue weighted by Crippen LogP contribution is 2.28. The smallest absolute Gasteiger partial charge is 0.320 e. The molecule has 0 saturated heterocycles. The van der Waals surface area contributed by atoms with Crippen LogP contribution < -0.4 is 5.32 Å². The Morgan fingerprint density at radius 2 is 2.25 bits per heavy atom. The van der Waals surface area contributed by atoms with E-state index in [9.17, 15) is 4.79 Å². The minimum Gasteiger partial charge on any atom is -0.480 e. The molecule has 3 heteroatoms. The Bertz CT molecular complexity index is 218. The van der Waals surface area contributed by atoms with Gasteiger partial charge in [0.25, 0.3) is 0 Å². The van der Waals surface area contributed by atoms with Gasteiger partial charge < -0.3 is 10.4 Å². The van der Waals surface area contributed by atoms with Gasteiger partial charge in [-0.05, 0) is 37.6 Å². The standard InChI is InChI=1S/C13H25NO2/c1-3-5-12(13(15)16)14-9-11-7-4-6-10(2)8-11/h10-12,14H,3-9H2,1-2H3,(H,15,16). The molecule has 3 unspecified atom stereocenters. The van der Waals surface area contributed by atoms with Crippen molar-refractivity contribution in [3.8, 4) is 0 Å². The lowest BCUT2D eigenvalue weighted by molar-refractivity contribution is -0.139. The third-order valence-electron chi connectivity index (χ3n) is 3.57. The van der Waals surface area contributed by atoms with Crippen molar-refractivity contribution in [3.63, 3.8) is 0 Å². The molecule has 0 bridgehead atoms. The van der Waals surface area contributed by atoms with Gasteiger partial charge >= 0.3 is 5.97 Å². The summed E-state index contributed by atoms with van der Waals surface area (Å²) < 4.78 is 0. The van der Waals surface area contributed by atoms with Crippen molar-refractivity contribution in [3.05, 3.63) is 0 Å². The zero-order valence-electron chi connectivity index (χ0n) is 10.5. The van der Waals surface area contributed by atoms with Gasteiger partial charge in [0.1, 0.15) is 6.04 Å². The number of carbonyl (C=O) groups is 1. The Morgan fingerprint density at radius 3 is 2.81 bits per heavy atom. The fourth-order valence-corrected chi connectivity index (χ4v) is 2.66. The van der Waals surface area contributed by atoms with Gasteiger partial charge in [0.05, 0.1) is 0 Å². The van der Waals surface area contributed by atoms with E-state index in [1.807, 2.05) is 6.92 Å². The molecular weight excluding hydrogens is 202 g/mol. The van der Waals surface area contributed by atoms with E-state index in [-0.39, 0.29) is 6.04 Å². The van der Waals surface area contributed by atoms with Crippen LogP contribution in [0.2, 0.25) is 0 Å². The second-order valence-corrected chi connectivity index (χ2v) is 5.23. The molecule has 2 N–H and O–H groups in total. The van der Waals surface area contributed by atoms with E-state index in [0.717, 1.165) is 25.3 Å². The van der Waals surface area contributed by atoms with Gasteiger partial charge in [0.15, 0.2) is 0 Å². The first kappa shape index (κ1) is 13.5. The Hall–Kier alpha value is -0.570. The SMILES string of the molecule is CCCC(NCC1CCCC(C)C1)C(=O)O. The maximum absolute atomic E-state index is 11.0. The molecule has 0 aromatic heterocycles. The van der Waals surface area contributed by atoms with Crippen LogP contribution in [0.1, 0.15) is 52.4 Å². The molecule has 0 spiro atoms. The van der Waals surface area contributed by atoms with E-state index in [2.05, 4.69) is 12.2 Å². The topological polar surface area (TPSA) is 49.3 Å². The van der Waals surface area contributed by atoms with Crippen molar-refractivity contribution < 1.29 is 9.90 Å². The van der Waals surface area contributed by atoms with E-state index >= 15 is 0 Å². The Labute approximate surface area is 98.6 Å². The van der Waals surface area contributed by atoms with Crippen LogP contribution in [0.4, 0.5) is 0 Å². The molecule has 0 aromatic carbocycles. The molecule has 1 rings (SSSR count). The molecule has 3 atom stereocenters. The first-order chi connectivity index (χ1) is 7.63. The Balaban J connectivity index is 2.28. The molecule has 1 aliphatic rings. The maximum Gasteiger partial charge on any atom is 0.320 e. The summed E-state index contributed by atoms with van der Waals surface area (Å²) in [6.07, 6.45) is 6.82. The number of aliphatic carboxylic acids is 1. The molecule has 0 radical (unpaired) electrons. The normalized spacial score (nSPS) is 27.6. The van der Waals surface area contributed by atoms with Crippen LogP contribution >= 0.6 is 0 Å². The lowest BCUT2D eigenvalue weighted by atomic mass is 9.82. The average Bonchev–Trinajstić information content (AvgIpc) is 2.24. The number of hydrogen-bond donors (Lipinski definition) is 2. The molecule has 1 saturated carbocycles. The van der Waals surface area contributed by atoms with Crippen molar-refractivity contribution in [1.82, 2.24) is 5.32 Å². The zero-order valence-corrected chi connectivity index (χ0v) is 10.5. The maximum atomic E-state index is 11.0. The lowest BCUT2D eigenvalue weighted by Gasteiger charge is -2.28. The average molecular weight is 227 g/mol. The van der Waals surface area contributed by atoms with Crippen LogP contribution in [-0.4, -0.2) is 23.7 Å². The molecule has 0 aliphatic heterocycles. The second kappa shape index (κ2) is 6.89. The van der Waals surface area contributed by atoms with E-state index in [0.29, 0.717) is 5.92 Å². The molecule has 94 valence electrons. The van der Waals surface area contributed by atoms with Gasteiger partial charge in [-0.1, -0.05) is 33.1 Å². The van der Waals surface area contributed by atoms with Gasteiger partial charge in [0, 0.05) is 0 Å². The summed E-state index contributed by atoms with van der Waals surface area (Å²) in [5, 5.41) is 12.2. The first-order valence-corrected chi connectivity index (χ1v) is 6.59. The van der Waals surface area contributed by atoms with Crippen LogP contribution in [0.5, 0.6) is 0 Å². The summed E-state index contributed by atoms with van der Waals surface area (Å²) in [4.78, 5) is 11.0. The summed E-state index contributed by atoms with van der Waals surface area (Å²) in [6, 6.07) is -0.345. The van der Waals surface area contributed by atoms with Gasteiger partial charge in [-0.2, -0.15) is 0 Å². The Morgan fingerprint density at radius 1 is 1.50 bits per heavy atom. The van der Waals surface area contributed by atoms with Gasteiger partial charge in [-0.25, -0.2) is 0 Å². The minimum atomic E-state index is -0.703. The molecule has 0 heterocycles. The summed E-state index contributed by atoms with van der Waals surface area (Å²) in [5.74, 6) is 0.795. The summed E-state index contributed by atoms with van der Waals surface area (Å²) >= 11 is 0.